The molecule has 6 heteroatoms. The Hall–Kier alpha value is -1.63. The van der Waals surface area contributed by atoms with Crippen molar-refractivity contribution in [2.75, 3.05) is 52.9 Å². The van der Waals surface area contributed by atoms with Crippen LogP contribution in [0.4, 0.5) is 0 Å². The highest BCUT2D eigenvalue weighted by molar-refractivity contribution is 5.80. The summed E-state index contributed by atoms with van der Waals surface area (Å²) in [5.74, 6) is 1.74. The second-order valence-electron chi connectivity index (χ2n) is 9.36. The van der Waals surface area contributed by atoms with E-state index in [0.717, 1.165) is 45.3 Å². The van der Waals surface area contributed by atoms with Gasteiger partial charge in [0.2, 0.25) is 0 Å². The number of piperidine rings is 1. The normalized spacial score (nSPS) is 28.7. The summed E-state index contributed by atoms with van der Waals surface area (Å²) in [4.78, 5) is 12.2. The van der Waals surface area contributed by atoms with Crippen molar-refractivity contribution in [3.05, 3.63) is 35.9 Å². The van der Waals surface area contributed by atoms with Crippen LogP contribution in [0.5, 0.6) is 0 Å². The Bertz CT molecular complexity index is 694. The lowest BCUT2D eigenvalue weighted by Gasteiger charge is -2.36. The number of nitrogens with one attached hydrogen (secondary N) is 1. The molecule has 3 atom stereocenters. The summed E-state index contributed by atoms with van der Waals surface area (Å²) < 4.78 is 6.16. The summed E-state index contributed by atoms with van der Waals surface area (Å²) in [5.41, 5.74) is 1.38. The van der Waals surface area contributed by atoms with Gasteiger partial charge in [-0.05, 0) is 44.7 Å². The number of guanidine groups is 1. The maximum atomic E-state index is 6.16. The lowest BCUT2D eigenvalue weighted by Crippen LogP contribution is -2.50. The number of morpholine rings is 1. The van der Waals surface area contributed by atoms with Crippen LogP contribution >= 0.6 is 0 Å². The van der Waals surface area contributed by atoms with E-state index in [4.69, 9.17) is 4.74 Å². The van der Waals surface area contributed by atoms with Gasteiger partial charge >= 0.3 is 0 Å². The highest BCUT2D eigenvalue weighted by Crippen LogP contribution is 2.25. The van der Waals surface area contributed by atoms with Gasteiger partial charge in [-0.25, -0.2) is 0 Å². The molecule has 6 nitrogen and oxygen atoms in total. The monoisotopic (exact) mass is 413 g/mol. The smallest absolute Gasteiger partial charge is 0.193 e. The van der Waals surface area contributed by atoms with Gasteiger partial charge in [-0.3, -0.25) is 9.89 Å². The number of hydrogen-bond acceptors (Lipinski definition) is 4. The van der Waals surface area contributed by atoms with Crippen LogP contribution in [0, 0.1) is 5.92 Å². The van der Waals surface area contributed by atoms with Gasteiger partial charge in [0, 0.05) is 52.4 Å². The van der Waals surface area contributed by atoms with Crippen LogP contribution in [0.2, 0.25) is 0 Å². The average molecular weight is 414 g/mol. The van der Waals surface area contributed by atoms with Crippen molar-refractivity contribution in [1.29, 1.82) is 0 Å². The third-order valence-electron chi connectivity index (χ3n) is 6.99. The van der Waals surface area contributed by atoms with Crippen LogP contribution in [0.1, 0.15) is 32.3 Å². The number of fused-ring (bicyclic) bond motifs is 1. The third kappa shape index (κ3) is 5.16. The summed E-state index contributed by atoms with van der Waals surface area (Å²) in [6.45, 7) is 12.8. The summed E-state index contributed by atoms with van der Waals surface area (Å²) in [6.07, 6.45) is 2.89. The van der Waals surface area contributed by atoms with Crippen LogP contribution in [0.25, 0.3) is 0 Å². The number of likely N-dealkylation sites (tertiary alicyclic amines) is 2. The van der Waals surface area contributed by atoms with Gasteiger partial charge in [0.05, 0.1) is 18.8 Å². The predicted octanol–water partition coefficient (Wildman–Crippen LogP) is 2.27. The summed E-state index contributed by atoms with van der Waals surface area (Å²) >= 11 is 0. The molecule has 0 amide bonds. The van der Waals surface area contributed by atoms with Gasteiger partial charge in [0.1, 0.15) is 0 Å². The van der Waals surface area contributed by atoms with Crippen molar-refractivity contribution in [3.8, 4) is 0 Å². The van der Waals surface area contributed by atoms with E-state index in [1.807, 2.05) is 7.05 Å². The third-order valence-corrected chi connectivity index (χ3v) is 6.99. The second-order valence-corrected chi connectivity index (χ2v) is 9.36. The molecule has 0 saturated carbocycles. The summed E-state index contributed by atoms with van der Waals surface area (Å²) in [5, 5.41) is 3.69. The number of rotatable bonds is 5. The molecule has 3 saturated heterocycles. The average Bonchev–Trinajstić information content (AvgIpc) is 3.20. The van der Waals surface area contributed by atoms with Crippen LogP contribution in [0.3, 0.4) is 0 Å². The zero-order valence-corrected chi connectivity index (χ0v) is 19.0. The van der Waals surface area contributed by atoms with E-state index in [0.29, 0.717) is 18.0 Å². The van der Waals surface area contributed by atoms with Crippen LogP contribution < -0.4 is 5.32 Å². The first-order valence-corrected chi connectivity index (χ1v) is 11.7. The molecule has 166 valence electrons. The molecule has 30 heavy (non-hydrogen) atoms. The van der Waals surface area contributed by atoms with Crippen LogP contribution in [-0.2, 0) is 11.3 Å². The standard InChI is InChI=1S/C24H39N5O/c1-19(2)27-11-7-10-21(16-27)14-26-24(25-3)29-17-22-23(18-29)30-13-12-28(22)15-20-8-5-4-6-9-20/h4-6,8-9,19,21-23H,7,10-18H2,1-3H3,(H,25,26). The molecule has 1 aromatic carbocycles. The molecule has 1 aromatic rings. The number of ether oxygens (including phenoxy) is 1. The SMILES string of the molecule is CN=C(NCC1CCCN(C(C)C)C1)N1CC2OCCN(Cc3ccccc3)C2C1. The molecule has 3 unspecified atom stereocenters. The minimum atomic E-state index is 0.270. The molecular formula is C24H39N5O. The van der Waals surface area contributed by atoms with Gasteiger partial charge in [0.25, 0.3) is 0 Å². The molecule has 0 bridgehead atoms. The maximum Gasteiger partial charge on any atom is 0.193 e. The van der Waals surface area contributed by atoms with E-state index in [2.05, 4.69) is 69.2 Å². The molecule has 0 spiro atoms. The summed E-state index contributed by atoms with van der Waals surface area (Å²) in [6, 6.07) is 11.9. The fourth-order valence-corrected chi connectivity index (χ4v) is 5.25. The van der Waals surface area contributed by atoms with E-state index in [-0.39, 0.29) is 6.10 Å². The number of aliphatic imine (C=N–C) groups is 1. The molecular weight excluding hydrogens is 374 g/mol. The van der Waals surface area contributed by atoms with E-state index in [1.165, 1.54) is 31.5 Å². The topological polar surface area (TPSA) is 43.3 Å². The molecule has 0 radical (unpaired) electrons. The highest BCUT2D eigenvalue weighted by Gasteiger charge is 2.41. The maximum absolute atomic E-state index is 6.16. The molecule has 0 aromatic heterocycles. The lowest BCUT2D eigenvalue weighted by molar-refractivity contribution is -0.0502. The van der Waals surface area contributed by atoms with Crippen molar-refractivity contribution in [2.24, 2.45) is 10.9 Å². The van der Waals surface area contributed by atoms with E-state index in [9.17, 15) is 0 Å². The van der Waals surface area contributed by atoms with Crippen molar-refractivity contribution in [3.63, 3.8) is 0 Å². The molecule has 3 aliphatic heterocycles. The van der Waals surface area contributed by atoms with Gasteiger partial charge in [-0.1, -0.05) is 30.3 Å². The van der Waals surface area contributed by atoms with Crippen molar-refractivity contribution < 1.29 is 4.74 Å². The number of benzene rings is 1. The highest BCUT2D eigenvalue weighted by atomic mass is 16.5. The Morgan fingerprint density at radius 1 is 1.17 bits per heavy atom. The first-order valence-electron chi connectivity index (χ1n) is 11.7. The van der Waals surface area contributed by atoms with Gasteiger partial charge < -0.3 is 19.9 Å². The van der Waals surface area contributed by atoms with Crippen molar-refractivity contribution in [2.45, 2.75) is 51.4 Å². The number of hydrogen-bond donors (Lipinski definition) is 1. The first-order chi connectivity index (χ1) is 14.6. The van der Waals surface area contributed by atoms with E-state index >= 15 is 0 Å². The van der Waals surface area contributed by atoms with E-state index in [1.54, 1.807) is 0 Å². The zero-order valence-electron chi connectivity index (χ0n) is 19.0. The quantitative estimate of drug-likeness (QED) is 0.593. The Labute approximate surface area is 182 Å². The minimum Gasteiger partial charge on any atom is -0.373 e. The van der Waals surface area contributed by atoms with Crippen LogP contribution in [-0.4, -0.2) is 91.8 Å². The predicted molar refractivity (Wildman–Crippen MR) is 123 cm³/mol. The molecule has 4 rings (SSSR count). The Morgan fingerprint density at radius 2 is 2.00 bits per heavy atom. The fourth-order valence-electron chi connectivity index (χ4n) is 5.25. The molecule has 1 N–H and O–H groups in total. The second kappa shape index (κ2) is 10.1. The van der Waals surface area contributed by atoms with Gasteiger partial charge in [-0.15, -0.1) is 0 Å². The van der Waals surface area contributed by atoms with Gasteiger partial charge in [0.15, 0.2) is 5.96 Å². The minimum absolute atomic E-state index is 0.270. The molecule has 3 aliphatic rings. The molecule has 0 aliphatic carbocycles. The fraction of sp³-hybridized carbons (Fsp3) is 0.708. The summed E-state index contributed by atoms with van der Waals surface area (Å²) in [7, 11) is 1.91. The lowest BCUT2D eigenvalue weighted by atomic mass is 9.97. The molecule has 3 heterocycles. The Balaban J connectivity index is 1.32. The first kappa shape index (κ1) is 21.6. The van der Waals surface area contributed by atoms with E-state index < -0.39 is 0 Å². The number of nitrogens with zero attached hydrogens (tertiary/aromatic N) is 4. The van der Waals surface area contributed by atoms with Crippen molar-refractivity contribution in [1.82, 2.24) is 20.0 Å². The van der Waals surface area contributed by atoms with Gasteiger partial charge in [-0.2, -0.15) is 0 Å². The Morgan fingerprint density at radius 3 is 2.77 bits per heavy atom. The van der Waals surface area contributed by atoms with Crippen molar-refractivity contribution >= 4 is 5.96 Å². The Kier molecular flexibility index (Phi) is 7.28. The zero-order chi connectivity index (χ0) is 20.9. The largest absolute Gasteiger partial charge is 0.373 e. The van der Waals surface area contributed by atoms with Crippen LogP contribution in [0.15, 0.2) is 35.3 Å². The molecule has 3 fully saturated rings.